The van der Waals surface area contributed by atoms with E-state index in [2.05, 4.69) is 35.6 Å². The van der Waals surface area contributed by atoms with Crippen molar-refractivity contribution in [3.8, 4) is 0 Å². The Bertz CT molecular complexity index is 537. The lowest BCUT2D eigenvalue weighted by Crippen LogP contribution is -2.35. The minimum absolute atomic E-state index is 0.0852. The van der Waals surface area contributed by atoms with E-state index < -0.39 is 0 Å². The molecule has 1 aromatic heterocycles. The van der Waals surface area contributed by atoms with Crippen LogP contribution in [0.25, 0.3) is 11.0 Å². The second-order valence-corrected chi connectivity index (χ2v) is 5.71. The van der Waals surface area contributed by atoms with E-state index in [0.29, 0.717) is 0 Å². The predicted octanol–water partition coefficient (Wildman–Crippen LogP) is 3.11. The summed E-state index contributed by atoms with van der Waals surface area (Å²) in [5.74, 6) is 1.00. The Morgan fingerprint density at radius 2 is 2.06 bits per heavy atom. The van der Waals surface area contributed by atoms with Crippen LogP contribution in [0.15, 0.2) is 18.2 Å². The minimum atomic E-state index is 0.0852. The summed E-state index contributed by atoms with van der Waals surface area (Å²) in [6.07, 6.45) is 0. The number of para-hydroxylation sites is 1. The number of aromatic nitrogens is 2. The molecule has 0 atom stereocenters. The molecule has 17 heavy (non-hydrogen) atoms. The van der Waals surface area contributed by atoms with Gasteiger partial charge in [-0.3, -0.25) is 0 Å². The second-order valence-electron chi connectivity index (χ2n) is 5.30. The van der Waals surface area contributed by atoms with Crippen LogP contribution < -0.4 is 5.32 Å². The third-order valence-electron chi connectivity index (χ3n) is 2.71. The first-order chi connectivity index (χ1) is 7.88. The van der Waals surface area contributed by atoms with Crippen LogP contribution in [0.4, 0.5) is 0 Å². The van der Waals surface area contributed by atoms with Gasteiger partial charge in [-0.05, 0) is 32.9 Å². The van der Waals surface area contributed by atoms with Crippen molar-refractivity contribution in [2.24, 2.45) is 7.05 Å². The van der Waals surface area contributed by atoms with Crippen molar-refractivity contribution in [2.75, 3.05) is 0 Å². The number of imidazole rings is 1. The van der Waals surface area contributed by atoms with Gasteiger partial charge < -0.3 is 9.88 Å². The molecule has 2 aromatic rings. The maximum absolute atomic E-state index is 6.18. The number of nitrogens with zero attached hydrogens (tertiary/aromatic N) is 2. The Hall–Kier alpha value is -1.06. The summed E-state index contributed by atoms with van der Waals surface area (Å²) in [5.41, 5.74) is 2.03. The Morgan fingerprint density at radius 3 is 2.65 bits per heavy atom. The highest BCUT2D eigenvalue weighted by Crippen LogP contribution is 2.23. The van der Waals surface area contributed by atoms with Crippen LogP contribution in [0.5, 0.6) is 0 Å². The van der Waals surface area contributed by atoms with Crippen LogP contribution in [-0.2, 0) is 13.6 Å². The molecule has 3 nitrogen and oxygen atoms in total. The van der Waals surface area contributed by atoms with Crippen molar-refractivity contribution in [2.45, 2.75) is 32.9 Å². The number of benzene rings is 1. The summed E-state index contributed by atoms with van der Waals surface area (Å²) in [4.78, 5) is 4.59. The van der Waals surface area contributed by atoms with Crippen LogP contribution >= 0.6 is 11.6 Å². The lowest BCUT2D eigenvalue weighted by molar-refractivity contribution is 0.415. The zero-order valence-electron chi connectivity index (χ0n) is 10.7. The van der Waals surface area contributed by atoms with E-state index in [-0.39, 0.29) is 5.54 Å². The van der Waals surface area contributed by atoms with Gasteiger partial charge in [0.15, 0.2) is 0 Å². The molecule has 0 saturated heterocycles. The van der Waals surface area contributed by atoms with E-state index in [1.54, 1.807) is 0 Å². The number of rotatable bonds is 2. The third kappa shape index (κ3) is 2.61. The van der Waals surface area contributed by atoms with E-state index >= 15 is 0 Å². The molecule has 92 valence electrons. The van der Waals surface area contributed by atoms with Gasteiger partial charge in [0, 0.05) is 12.6 Å². The van der Waals surface area contributed by atoms with Crippen molar-refractivity contribution in [3.05, 3.63) is 29.0 Å². The van der Waals surface area contributed by atoms with E-state index in [9.17, 15) is 0 Å². The van der Waals surface area contributed by atoms with E-state index in [4.69, 9.17) is 11.6 Å². The van der Waals surface area contributed by atoms with Crippen molar-refractivity contribution in [1.29, 1.82) is 0 Å². The Kier molecular flexibility index (Phi) is 3.15. The molecule has 4 heteroatoms. The van der Waals surface area contributed by atoms with Gasteiger partial charge in [-0.15, -0.1) is 0 Å². The number of fused-ring (bicyclic) bond motifs is 1. The lowest BCUT2D eigenvalue weighted by atomic mass is 10.1. The molecule has 0 radical (unpaired) electrons. The molecule has 0 bridgehead atoms. The number of hydrogen-bond acceptors (Lipinski definition) is 2. The first-order valence-corrected chi connectivity index (χ1v) is 6.11. The Labute approximate surface area is 107 Å². The summed E-state index contributed by atoms with van der Waals surface area (Å²) in [6.45, 7) is 7.17. The lowest BCUT2D eigenvalue weighted by Gasteiger charge is -2.20. The highest BCUT2D eigenvalue weighted by Gasteiger charge is 2.13. The first-order valence-electron chi connectivity index (χ1n) is 5.73. The van der Waals surface area contributed by atoms with Crippen molar-refractivity contribution >= 4 is 22.6 Å². The number of halogens is 1. The zero-order chi connectivity index (χ0) is 12.6. The van der Waals surface area contributed by atoms with Crippen LogP contribution in [0.2, 0.25) is 5.02 Å². The summed E-state index contributed by atoms with van der Waals surface area (Å²) < 4.78 is 2.05. The molecule has 0 spiro atoms. The maximum Gasteiger partial charge on any atom is 0.123 e. The molecule has 0 saturated carbocycles. The zero-order valence-corrected chi connectivity index (χ0v) is 11.5. The molecular weight excluding hydrogens is 234 g/mol. The number of nitrogens with one attached hydrogen (secondary N) is 1. The van der Waals surface area contributed by atoms with Crippen LogP contribution in [0.3, 0.4) is 0 Å². The largest absolute Gasteiger partial charge is 0.329 e. The molecule has 0 aliphatic heterocycles. The fourth-order valence-electron chi connectivity index (χ4n) is 1.77. The highest BCUT2D eigenvalue weighted by molar-refractivity contribution is 6.35. The molecule has 0 fully saturated rings. The SMILES string of the molecule is Cn1c(CNC(C)(C)C)nc2cccc(Cl)c21. The van der Waals surface area contributed by atoms with Gasteiger partial charge >= 0.3 is 0 Å². The van der Waals surface area contributed by atoms with Crippen LogP contribution in [0, 0.1) is 0 Å². The average Bonchev–Trinajstić information content (AvgIpc) is 2.53. The van der Waals surface area contributed by atoms with Gasteiger partial charge in [-0.2, -0.15) is 0 Å². The van der Waals surface area contributed by atoms with Crippen LogP contribution in [-0.4, -0.2) is 15.1 Å². The topological polar surface area (TPSA) is 29.9 Å². The smallest absolute Gasteiger partial charge is 0.123 e. The molecule has 1 aromatic carbocycles. The number of aryl methyl sites for hydroxylation is 1. The molecule has 0 aliphatic rings. The Morgan fingerprint density at radius 1 is 1.35 bits per heavy atom. The molecular formula is C13H18ClN3. The molecule has 0 unspecified atom stereocenters. The number of hydrogen-bond donors (Lipinski definition) is 1. The van der Waals surface area contributed by atoms with Gasteiger partial charge in [-0.1, -0.05) is 17.7 Å². The molecule has 1 N–H and O–H groups in total. The fourth-order valence-corrected chi connectivity index (χ4v) is 2.07. The van der Waals surface area contributed by atoms with E-state index in [1.807, 2.05) is 25.2 Å². The van der Waals surface area contributed by atoms with Crippen molar-refractivity contribution in [3.63, 3.8) is 0 Å². The predicted molar refractivity (Wildman–Crippen MR) is 72.3 cm³/mol. The highest BCUT2D eigenvalue weighted by atomic mass is 35.5. The minimum Gasteiger partial charge on any atom is -0.329 e. The molecule has 2 rings (SSSR count). The molecule has 1 heterocycles. The normalized spacial score (nSPS) is 12.3. The second kappa shape index (κ2) is 4.31. The fraction of sp³-hybridized carbons (Fsp3) is 0.462. The van der Waals surface area contributed by atoms with Crippen LogP contribution in [0.1, 0.15) is 26.6 Å². The van der Waals surface area contributed by atoms with Gasteiger partial charge in [0.1, 0.15) is 5.82 Å². The monoisotopic (exact) mass is 251 g/mol. The first kappa shape index (κ1) is 12.4. The van der Waals surface area contributed by atoms with Gasteiger partial charge in [0.2, 0.25) is 0 Å². The average molecular weight is 252 g/mol. The van der Waals surface area contributed by atoms with E-state index in [1.165, 1.54) is 0 Å². The third-order valence-corrected chi connectivity index (χ3v) is 3.02. The van der Waals surface area contributed by atoms with Crippen molar-refractivity contribution in [1.82, 2.24) is 14.9 Å². The standard InChI is InChI=1S/C13H18ClN3/c1-13(2,3)15-8-11-16-10-7-5-6-9(14)12(10)17(11)4/h5-7,15H,8H2,1-4H3. The summed E-state index contributed by atoms with van der Waals surface area (Å²) in [6, 6.07) is 5.81. The molecule has 0 aliphatic carbocycles. The Balaban J connectivity index is 2.36. The van der Waals surface area contributed by atoms with Gasteiger partial charge in [0.05, 0.1) is 22.6 Å². The van der Waals surface area contributed by atoms with E-state index in [0.717, 1.165) is 28.4 Å². The molecule has 0 amide bonds. The quantitative estimate of drug-likeness (QED) is 0.889. The summed E-state index contributed by atoms with van der Waals surface area (Å²) in [5, 5.41) is 4.18. The van der Waals surface area contributed by atoms with Gasteiger partial charge in [-0.25, -0.2) is 4.98 Å². The van der Waals surface area contributed by atoms with Gasteiger partial charge in [0.25, 0.3) is 0 Å². The summed E-state index contributed by atoms with van der Waals surface area (Å²) >= 11 is 6.18. The summed E-state index contributed by atoms with van der Waals surface area (Å²) in [7, 11) is 2.00. The van der Waals surface area contributed by atoms with Crippen molar-refractivity contribution < 1.29 is 0 Å². The maximum atomic E-state index is 6.18.